The summed E-state index contributed by atoms with van der Waals surface area (Å²) in [5.74, 6) is 0.460. The van der Waals surface area contributed by atoms with Gasteiger partial charge >= 0.3 is 6.03 Å². The largest absolute Gasteiger partial charge is 0.333 e. The van der Waals surface area contributed by atoms with E-state index in [4.69, 9.17) is 0 Å². The van der Waals surface area contributed by atoms with Crippen molar-refractivity contribution in [2.45, 2.75) is 20.8 Å². The monoisotopic (exact) mass is 372 g/mol. The molecule has 6 nitrogen and oxygen atoms in total. The molecule has 28 heavy (non-hydrogen) atoms. The number of urea groups is 1. The SMILES string of the molecule is Cc1ccnc(-n2c(C)cc(/C=C3/NC(=O)N(c4ccccc4)C3=O)c2C)c1. The molecule has 1 saturated heterocycles. The number of rotatable bonds is 3. The molecule has 2 aromatic heterocycles. The molecule has 6 heteroatoms. The maximum absolute atomic E-state index is 12.8. The second kappa shape index (κ2) is 6.81. The van der Waals surface area contributed by atoms with Gasteiger partial charge in [-0.15, -0.1) is 0 Å². The van der Waals surface area contributed by atoms with Gasteiger partial charge in [0, 0.05) is 17.6 Å². The second-order valence-electron chi connectivity index (χ2n) is 6.82. The summed E-state index contributed by atoms with van der Waals surface area (Å²) < 4.78 is 2.04. The summed E-state index contributed by atoms with van der Waals surface area (Å²) >= 11 is 0. The summed E-state index contributed by atoms with van der Waals surface area (Å²) in [5, 5.41) is 2.68. The number of hydrogen-bond acceptors (Lipinski definition) is 3. The molecule has 1 aliphatic rings. The number of aromatic nitrogens is 2. The van der Waals surface area contributed by atoms with E-state index in [0.29, 0.717) is 5.69 Å². The van der Waals surface area contributed by atoms with Crippen LogP contribution >= 0.6 is 0 Å². The zero-order valence-corrected chi connectivity index (χ0v) is 15.9. The first-order valence-electron chi connectivity index (χ1n) is 9.00. The van der Waals surface area contributed by atoms with Crippen molar-refractivity contribution >= 4 is 23.7 Å². The first kappa shape index (κ1) is 17.7. The fourth-order valence-electron chi connectivity index (χ4n) is 3.43. The third-order valence-electron chi connectivity index (χ3n) is 4.79. The predicted octanol–water partition coefficient (Wildman–Crippen LogP) is 3.89. The molecule has 0 radical (unpaired) electrons. The van der Waals surface area contributed by atoms with Gasteiger partial charge in [-0.1, -0.05) is 18.2 Å². The number of amides is 3. The molecule has 140 valence electrons. The lowest BCUT2D eigenvalue weighted by Crippen LogP contribution is -2.30. The third kappa shape index (κ3) is 2.99. The molecular formula is C22H20N4O2. The molecule has 3 aromatic rings. The van der Waals surface area contributed by atoms with Crippen LogP contribution in [-0.4, -0.2) is 21.5 Å². The Balaban J connectivity index is 1.72. The van der Waals surface area contributed by atoms with Gasteiger partial charge < -0.3 is 9.88 Å². The van der Waals surface area contributed by atoms with Gasteiger partial charge in [-0.05, 0) is 68.3 Å². The number of nitrogens with zero attached hydrogens (tertiary/aromatic N) is 3. The Bertz CT molecular complexity index is 1110. The lowest BCUT2D eigenvalue weighted by Gasteiger charge is -2.10. The van der Waals surface area contributed by atoms with Gasteiger partial charge in [-0.25, -0.2) is 14.7 Å². The minimum Gasteiger partial charge on any atom is -0.303 e. The number of pyridine rings is 1. The van der Waals surface area contributed by atoms with Crippen molar-refractivity contribution in [3.8, 4) is 5.82 Å². The number of anilines is 1. The van der Waals surface area contributed by atoms with Crippen LogP contribution in [0.5, 0.6) is 0 Å². The topological polar surface area (TPSA) is 67.2 Å². The van der Waals surface area contributed by atoms with E-state index in [1.165, 1.54) is 0 Å². The molecule has 1 aromatic carbocycles. The molecule has 0 bridgehead atoms. The number of benzene rings is 1. The number of aryl methyl sites for hydroxylation is 2. The van der Waals surface area contributed by atoms with Crippen LogP contribution in [0.3, 0.4) is 0 Å². The van der Waals surface area contributed by atoms with Crippen LogP contribution in [0.2, 0.25) is 0 Å². The smallest absolute Gasteiger partial charge is 0.303 e. The van der Waals surface area contributed by atoms with E-state index in [-0.39, 0.29) is 11.6 Å². The van der Waals surface area contributed by atoms with E-state index in [1.807, 2.05) is 49.6 Å². The van der Waals surface area contributed by atoms with E-state index >= 15 is 0 Å². The van der Waals surface area contributed by atoms with Crippen LogP contribution in [-0.2, 0) is 4.79 Å². The van der Waals surface area contributed by atoms with Crippen LogP contribution in [0, 0.1) is 20.8 Å². The summed E-state index contributed by atoms with van der Waals surface area (Å²) in [4.78, 5) is 30.7. The lowest BCUT2D eigenvalue weighted by atomic mass is 10.2. The predicted molar refractivity (Wildman–Crippen MR) is 108 cm³/mol. The summed E-state index contributed by atoms with van der Waals surface area (Å²) in [7, 11) is 0. The Kier molecular flexibility index (Phi) is 4.31. The average molecular weight is 372 g/mol. The quantitative estimate of drug-likeness (QED) is 0.560. The van der Waals surface area contributed by atoms with Gasteiger partial charge in [0.1, 0.15) is 11.5 Å². The molecule has 0 spiro atoms. The number of nitrogens with one attached hydrogen (secondary N) is 1. The van der Waals surface area contributed by atoms with Gasteiger partial charge in [-0.3, -0.25) is 4.79 Å². The summed E-state index contributed by atoms with van der Waals surface area (Å²) in [6.45, 7) is 5.98. The maximum atomic E-state index is 12.8. The molecule has 1 fully saturated rings. The Morgan fingerprint density at radius 2 is 1.75 bits per heavy atom. The molecular weight excluding hydrogens is 352 g/mol. The first-order valence-corrected chi connectivity index (χ1v) is 9.00. The molecule has 0 atom stereocenters. The number of hydrogen-bond donors (Lipinski definition) is 1. The first-order chi connectivity index (χ1) is 13.5. The highest BCUT2D eigenvalue weighted by Gasteiger charge is 2.34. The molecule has 3 heterocycles. The lowest BCUT2D eigenvalue weighted by molar-refractivity contribution is -0.113. The van der Waals surface area contributed by atoms with E-state index in [1.54, 1.807) is 36.5 Å². The Morgan fingerprint density at radius 3 is 2.46 bits per heavy atom. The fraction of sp³-hybridized carbons (Fsp3) is 0.136. The highest BCUT2D eigenvalue weighted by atomic mass is 16.2. The average Bonchev–Trinajstić information content (AvgIpc) is 3.11. The summed E-state index contributed by atoms with van der Waals surface area (Å²) in [6.07, 6.45) is 3.50. The van der Waals surface area contributed by atoms with Crippen molar-refractivity contribution in [2.75, 3.05) is 4.90 Å². The number of imide groups is 1. The number of carbonyl (C=O) groups is 2. The highest BCUT2D eigenvalue weighted by molar-refractivity contribution is 6.28. The minimum absolute atomic E-state index is 0.256. The summed E-state index contributed by atoms with van der Waals surface area (Å²) in [6, 6.07) is 14.4. The van der Waals surface area contributed by atoms with E-state index in [2.05, 4.69) is 10.3 Å². The standard InChI is InChI=1S/C22H20N4O2/c1-14-9-10-23-20(11-14)25-15(2)12-17(16(25)3)13-19-21(27)26(22(28)24-19)18-7-5-4-6-8-18/h4-13H,1-3H3,(H,24,28)/b19-13+. The normalized spacial score (nSPS) is 15.4. The third-order valence-corrected chi connectivity index (χ3v) is 4.79. The van der Waals surface area contributed by atoms with Gasteiger partial charge in [0.25, 0.3) is 5.91 Å². The van der Waals surface area contributed by atoms with Crippen molar-refractivity contribution in [2.24, 2.45) is 0 Å². The highest BCUT2D eigenvalue weighted by Crippen LogP contribution is 2.25. The van der Waals surface area contributed by atoms with Crippen LogP contribution in [0.1, 0.15) is 22.5 Å². The molecule has 0 saturated carbocycles. The Hall–Kier alpha value is -3.67. The van der Waals surface area contributed by atoms with Crippen molar-refractivity contribution in [1.29, 1.82) is 0 Å². The summed E-state index contributed by atoms with van der Waals surface area (Å²) in [5.41, 5.74) is 4.73. The van der Waals surface area contributed by atoms with Crippen LogP contribution in [0.4, 0.5) is 10.5 Å². The van der Waals surface area contributed by atoms with Crippen molar-refractivity contribution in [1.82, 2.24) is 14.9 Å². The van der Waals surface area contributed by atoms with Crippen LogP contribution in [0.15, 0.2) is 60.4 Å². The van der Waals surface area contributed by atoms with Crippen LogP contribution < -0.4 is 10.2 Å². The van der Waals surface area contributed by atoms with Gasteiger partial charge in [0.05, 0.1) is 5.69 Å². The zero-order valence-electron chi connectivity index (χ0n) is 15.9. The molecule has 1 aliphatic heterocycles. The van der Waals surface area contributed by atoms with Crippen molar-refractivity contribution in [3.05, 3.63) is 82.9 Å². The molecule has 1 N–H and O–H groups in total. The van der Waals surface area contributed by atoms with Crippen molar-refractivity contribution in [3.63, 3.8) is 0 Å². The van der Waals surface area contributed by atoms with Gasteiger partial charge in [-0.2, -0.15) is 0 Å². The van der Waals surface area contributed by atoms with E-state index in [9.17, 15) is 9.59 Å². The zero-order chi connectivity index (χ0) is 19.8. The minimum atomic E-state index is -0.448. The number of carbonyl (C=O) groups excluding carboxylic acids is 2. The molecule has 3 amide bonds. The Labute approximate surface area is 163 Å². The molecule has 0 aliphatic carbocycles. The Morgan fingerprint density at radius 1 is 1.00 bits per heavy atom. The van der Waals surface area contributed by atoms with Gasteiger partial charge in [0.2, 0.25) is 0 Å². The van der Waals surface area contributed by atoms with E-state index in [0.717, 1.165) is 33.2 Å². The van der Waals surface area contributed by atoms with Gasteiger partial charge in [0.15, 0.2) is 0 Å². The van der Waals surface area contributed by atoms with Crippen LogP contribution in [0.25, 0.3) is 11.9 Å². The maximum Gasteiger partial charge on any atom is 0.333 e. The number of para-hydroxylation sites is 1. The molecule has 0 unspecified atom stereocenters. The second-order valence-corrected chi connectivity index (χ2v) is 6.82. The molecule has 4 rings (SSSR count). The van der Waals surface area contributed by atoms with E-state index < -0.39 is 6.03 Å². The fourth-order valence-corrected chi connectivity index (χ4v) is 3.43. The van der Waals surface area contributed by atoms with Crippen molar-refractivity contribution < 1.29 is 9.59 Å².